The maximum atomic E-state index is 14.6. The number of hydrogen-bond donors (Lipinski definition) is 3. The number of pyridine rings is 1. The fourth-order valence-corrected chi connectivity index (χ4v) is 2.46. The number of nitrogen functional groups attached to an aromatic ring is 1. The molecular formula is C16H10F3N3O2. The Kier molecular flexibility index (Phi) is 3.52. The fourth-order valence-electron chi connectivity index (χ4n) is 2.46. The number of fused-ring (bicyclic) bond motifs is 1. The summed E-state index contributed by atoms with van der Waals surface area (Å²) >= 11 is 0. The summed E-state index contributed by atoms with van der Waals surface area (Å²) in [6.45, 7) is 2.93. The van der Waals surface area contributed by atoms with Crippen LogP contribution in [0, 0.1) is 11.6 Å². The molecule has 0 aliphatic heterocycles. The van der Waals surface area contributed by atoms with Gasteiger partial charge in [-0.2, -0.15) is 0 Å². The van der Waals surface area contributed by atoms with Crippen molar-refractivity contribution in [2.24, 2.45) is 0 Å². The molecule has 2 aromatic heterocycles. The number of hydrogen-bond acceptors (Lipinski definition) is 3. The van der Waals surface area contributed by atoms with Gasteiger partial charge in [-0.15, -0.1) is 0 Å². The quantitative estimate of drug-likeness (QED) is 0.681. The number of nitrogens with one attached hydrogen (secondary N) is 1. The van der Waals surface area contributed by atoms with E-state index in [1.54, 1.807) is 6.07 Å². The monoisotopic (exact) mass is 333 g/mol. The minimum Gasteiger partial charge on any atom is -0.476 e. The van der Waals surface area contributed by atoms with E-state index >= 15 is 0 Å². The first kappa shape index (κ1) is 15.6. The number of rotatable bonds is 3. The summed E-state index contributed by atoms with van der Waals surface area (Å²) in [5.41, 5.74) is 2.27. The second-order valence-electron chi connectivity index (χ2n) is 4.99. The van der Waals surface area contributed by atoms with Crippen molar-refractivity contribution in [3.8, 4) is 11.3 Å². The molecule has 0 saturated heterocycles. The molecule has 1 aromatic carbocycles. The van der Waals surface area contributed by atoms with Gasteiger partial charge in [-0.25, -0.2) is 22.9 Å². The van der Waals surface area contributed by atoms with Gasteiger partial charge in [0, 0.05) is 17.1 Å². The molecule has 0 saturated carbocycles. The van der Waals surface area contributed by atoms with Crippen molar-refractivity contribution in [3.63, 3.8) is 0 Å². The van der Waals surface area contributed by atoms with Gasteiger partial charge in [0.05, 0.1) is 16.8 Å². The molecule has 0 radical (unpaired) electrons. The van der Waals surface area contributed by atoms with Gasteiger partial charge in [0.2, 0.25) is 0 Å². The molecule has 3 aromatic rings. The van der Waals surface area contributed by atoms with E-state index in [1.807, 2.05) is 0 Å². The number of benzene rings is 1. The van der Waals surface area contributed by atoms with Crippen LogP contribution in [0.1, 0.15) is 16.1 Å². The van der Waals surface area contributed by atoms with Crippen molar-refractivity contribution in [1.29, 1.82) is 0 Å². The number of aromatic carboxylic acids is 1. The van der Waals surface area contributed by atoms with Crippen LogP contribution in [0.5, 0.6) is 0 Å². The Balaban J connectivity index is 2.37. The van der Waals surface area contributed by atoms with E-state index < -0.39 is 46.1 Å². The number of carboxylic acid groups (broad SMARTS) is 1. The Hall–Kier alpha value is -3.29. The molecule has 8 heteroatoms. The third-order valence-electron chi connectivity index (χ3n) is 3.57. The van der Waals surface area contributed by atoms with E-state index in [0.717, 1.165) is 0 Å². The second-order valence-corrected chi connectivity index (χ2v) is 4.99. The maximum Gasteiger partial charge on any atom is 0.355 e. The average molecular weight is 333 g/mol. The van der Waals surface area contributed by atoms with Gasteiger partial charge >= 0.3 is 5.97 Å². The average Bonchev–Trinajstić information content (AvgIpc) is 2.99. The van der Waals surface area contributed by atoms with E-state index in [-0.39, 0.29) is 11.1 Å². The van der Waals surface area contributed by atoms with Crippen LogP contribution in [-0.2, 0) is 0 Å². The Morgan fingerprint density at radius 2 is 1.96 bits per heavy atom. The molecule has 0 fully saturated rings. The van der Waals surface area contributed by atoms with Crippen molar-refractivity contribution in [3.05, 3.63) is 53.9 Å². The Bertz CT molecular complexity index is 1010. The normalized spacial score (nSPS) is 11.0. The largest absolute Gasteiger partial charge is 0.476 e. The number of carbonyl (C=O) groups is 1. The molecule has 0 aliphatic rings. The molecule has 0 atom stereocenters. The van der Waals surface area contributed by atoms with Gasteiger partial charge in [-0.05, 0) is 12.1 Å². The molecule has 2 heterocycles. The van der Waals surface area contributed by atoms with Crippen LogP contribution in [0.4, 0.5) is 18.9 Å². The smallest absolute Gasteiger partial charge is 0.355 e. The third-order valence-corrected chi connectivity index (χ3v) is 3.57. The van der Waals surface area contributed by atoms with Crippen LogP contribution < -0.4 is 5.73 Å². The number of aromatic nitrogens is 2. The molecule has 4 N–H and O–H groups in total. The molecule has 0 amide bonds. The van der Waals surface area contributed by atoms with E-state index in [4.69, 9.17) is 10.8 Å². The van der Waals surface area contributed by atoms with Gasteiger partial charge in [0.25, 0.3) is 0 Å². The number of halogens is 3. The maximum absolute atomic E-state index is 14.6. The standard InChI is InChI=1S/C16H10F3N3O2/c1-6(17)9-12(20)11(19)14(22-15(9)16(23)24)8-3-2-7-4-5-21-13(7)10(8)18/h2-5,21H,1H2,(H2,20,22)(H,23,24). The number of nitrogens with two attached hydrogens (primary N) is 1. The lowest BCUT2D eigenvalue weighted by molar-refractivity contribution is 0.0690. The second kappa shape index (κ2) is 5.41. The minimum absolute atomic E-state index is 0.100. The van der Waals surface area contributed by atoms with Crippen molar-refractivity contribution < 1.29 is 23.1 Å². The van der Waals surface area contributed by atoms with Crippen LogP contribution in [-0.4, -0.2) is 21.0 Å². The van der Waals surface area contributed by atoms with Crippen molar-refractivity contribution in [2.45, 2.75) is 0 Å². The summed E-state index contributed by atoms with van der Waals surface area (Å²) in [4.78, 5) is 17.5. The zero-order valence-electron chi connectivity index (χ0n) is 12.0. The first-order chi connectivity index (χ1) is 11.3. The van der Waals surface area contributed by atoms with Crippen molar-refractivity contribution >= 4 is 28.4 Å². The van der Waals surface area contributed by atoms with Crippen LogP contribution in [0.15, 0.2) is 31.0 Å². The number of H-pyrrole nitrogens is 1. The van der Waals surface area contributed by atoms with Gasteiger partial charge in [-0.1, -0.05) is 12.6 Å². The number of nitrogens with zero attached hydrogens (tertiary/aromatic N) is 1. The van der Waals surface area contributed by atoms with Crippen LogP contribution in [0.3, 0.4) is 0 Å². The SMILES string of the molecule is C=C(F)c1c(C(=O)O)nc(-c2ccc3cc[nH]c3c2F)c(F)c1N. The fraction of sp³-hybridized carbons (Fsp3) is 0. The molecule has 0 aliphatic carbocycles. The minimum atomic E-state index is -1.64. The third kappa shape index (κ3) is 2.19. The first-order valence-corrected chi connectivity index (χ1v) is 6.66. The molecular weight excluding hydrogens is 323 g/mol. The van der Waals surface area contributed by atoms with E-state index in [0.29, 0.717) is 5.39 Å². The highest BCUT2D eigenvalue weighted by atomic mass is 19.1. The Labute approximate surface area is 133 Å². The lowest BCUT2D eigenvalue weighted by atomic mass is 10.0. The Morgan fingerprint density at radius 3 is 2.58 bits per heavy atom. The van der Waals surface area contributed by atoms with Crippen LogP contribution in [0.25, 0.3) is 28.0 Å². The molecule has 122 valence electrons. The van der Waals surface area contributed by atoms with Gasteiger partial charge in [0.1, 0.15) is 11.5 Å². The van der Waals surface area contributed by atoms with E-state index in [1.165, 1.54) is 18.3 Å². The van der Waals surface area contributed by atoms with Crippen molar-refractivity contribution in [1.82, 2.24) is 9.97 Å². The lowest BCUT2D eigenvalue weighted by Gasteiger charge is -2.12. The number of aromatic amines is 1. The zero-order valence-corrected chi connectivity index (χ0v) is 12.0. The summed E-state index contributed by atoms with van der Waals surface area (Å²) in [5, 5.41) is 9.70. The lowest BCUT2D eigenvalue weighted by Crippen LogP contribution is -2.12. The van der Waals surface area contributed by atoms with Gasteiger partial charge in [-0.3, -0.25) is 0 Å². The first-order valence-electron chi connectivity index (χ1n) is 6.66. The summed E-state index contributed by atoms with van der Waals surface area (Å²) in [6, 6.07) is 4.36. The summed E-state index contributed by atoms with van der Waals surface area (Å²) in [6.07, 6.45) is 1.49. The van der Waals surface area contributed by atoms with Gasteiger partial charge in [0.15, 0.2) is 17.3 Å². The molecule has 0 unspecified atom stereocenters. The number of anilines is 1. The van der Waals surface area contributed by atoms with Crippen LogP contribution in [0.2, 0.25) is 0 Å². The molecule has 24 heavy (non-hydrogen) atoms. The highest BCUT2D eigenvalue weighted by molar-refractivity contribution is 5.96. The highest BCUT2D eigenvalue weighted by Gasteiger charge is 2.26. The van der Waals surface area contributed by atoms with Gasteiger partial charge < -0.3 is 15.8 Å². The molecule has 3 rings (SSSR count). The highest BCUT2D eigenvalue weighted by Crippen LogP contribution is 2.35. The Morgan fingerprint density at radius 1 is 1.25 bits per heavy atom. The predicted octanol–water partition coefficient (Wildman–Crippen LogP) is 3.73. The summed E-state index contributed by atoms with van der Waals surface area (Å²) in [5.74, 6) is -4.94. The number of carboxylic acids is 1. The van der Waals surface area contributed by atoms with Crippen LogP contribution >= 0.6 is 0 Å². The molecule has 5 nitrogen and oxygen atoms in total. The molecule has 0 spiro atoms. The zero-order chi connectivity index (χ0) is 17.6. The van der Waals surface area contributed by atoms with E-state index in [9.17, 15) is 18.0 Å². The summed E-state index contributed by atoms with van der Waals surface area (Å²) < 4.78 is 42.5. The predicted molar refractivity (Wildman–Crippen MR) is 83.0 cm³/mol. The van der Waals surface area contributed by atoms with E-state index in [2.05, 4.69) is 16.5 Å². The van der Waals surface area contributed by atoms with Crippen molar-refractivity contribution in [2.75, 3.05) is 5.73 Å². The topological polar surface area (TPSA) is 92.0 Å². The summed E-state index contributed by atoms with van der Waals surface area (Å²) in [7, 11) is 0. The molecule has 0 bridgehead atoms.